The van der Waals surface area contributed by atoms with Crippen LogP contribution < -0.4 is 0 Å². The molecule has 1 aliphatic rings. The SMILES string of the molecule is CC(C)COC(=O)C1CSC(c2ccccc2)N1C(=O)C(C)(C)C. The Kier molecular flexibility index (Phi) is 5.97. The van der Waals surface area contributed by atoms with Gasteiger partial charge >= 0.3 is 5.97 Å². The van der Waals surface area contributed by atoms with Gasteiger partial charge in [0, 0.05) is 11.2 Å². The van der Waals surface area contributed by atoms with Gasteiger partial charge in [0.25, 0.3) is 0 Å². The smallest absolute Gasteiger partial charge is 0.329 e. The number of thioether (sulfide) groups is 1. The lowest BCUT2D eigenvalue weighted by molar-refractivity contribution is -0.157. The van der Waals surface area contributed by atoms with Crippen molar-refractivity contribution in [1.82, 2.24) is 4.90 Å². The summed E-state index contributed by atoms with van der Waals surface area (Å²) >= 11 is 1.62. The van der Waals surface area contributed by atoms with Gasteiger partial charge in [0.2, 0.25) is 5.91 Å². The van der Waals surface area contributed by atoms with Crippen molar-refractivity contribution in [2.75, 3.05) is 12.4 Å². The molecule has 1 fully saturated rings. The average molecular weight is 349 g/mol. The molecule has 2 rings (SSSR count). The maximum absolute atomic E-state index is 13.0. The Morgan fingerprint density at radius 2 is 1.88 bits per heavy atom. The average Bonchev–Trinajstić information content (AvgIpc) is 2.96. The molecule has 1 aliphatic heterocycles. The van der Waals surface area contributed by atoms with Crippen LogP contribution in [0.5, 0.6) is 0 Å². The molecule has 2 unspecified atom stereocenters. The van der Waals surface area contributed by atoms with Crippen molar-refractivity contribution in [3.8, 4) is 0 Å². The normalized spacial score (nSPS) is 21.2. The van der Waals surface area contributed by atoms with Crippen LogP contribution in [0.25, 0.3) is 0 Å². The zero-order valence-electron chi connectivity index (χ0n) is 15.1. The first-order chi connectivity index (χ1) is 11.2. The lowest BCUT2D eigenvalue weighted by atomic mass is 9.93. The van der Waals surface area contributed by atoms with E-state index in [1.807, 2.05) is 65.0 Å². The summed E-state index contributed by atoms with van der Waals surface area (Å²) in [5.41, 5.74) is 0.494. The molecule has 0 bridgehead atoms. The van der Waals surface area contributed by atoms with Gasteiger partial charge in [0.1, 0.15) is 11.4 Å². The Balaban J connectivity index is 2.28. The molecular weight excluding hydrogens is 322 g/mol. The fourth-order valence-corrected chi connectivity index (χ4v) is 3.96. The van der Waals surface area contributed by atoms with Gasteiger partial charge in [-0.15, -0.1) is 11.8 Å². The molecule has 1 amide bonds. The molecular formula is C19H27NO3S. The van der Waals surface area contributed by atoms with Gasteiger partial charge in [-0.05, 0) is 11.5 Å². The molecule has 0 aliphatic carbocycles. The third-order valence-corrected chi connectivity index (χ3v) is 5.12. The van der Waals surface area contributed by atoms with E-state index in [1.165, 1.54) is 0 Å². The molecule has 132 valence electrons. The Labute approximate surface area is 148 Å². The highest BCUT2D eigenvalue weighted by atomic mass is 32.2. The van der Waals surface area contributed by atoms with Crippen molar-refractivity contribution in [3.63, 3.8) is 0 Å². The number of benzene rings is 1. The van der Waals surface area contributed by atoms with Crippen LogP contribution >= 0.6 is 11.8 Å². The van der Waals surface area contributed by atoms with Crippen molar-refractivity contribution >= 4 is 23.6 Å². The summed E-state index contributed by atoms with van der Waals surface area (Å²) in [5, 5.41) is -0.144. The van der Waals surface area contributed by atoms with Gasteiger partial charge in [-0.2, -0.15) is 0 Å². The summed E-state index contributed by atoms with van der Waals surface area (Å²) in [6.07, 6.45) is 0. The summed E-state index contributed by atoms with van der Waals surface area (Å²) < 4.78 is 5.42. The van der Waals surface area contributed by atoms with Crippen LogP contribution in [-0.4, -0.2) is 35.2 Å². The molecule has 0 aromatic heterocycles. The number of hydrogen-bond acceptors (Lipinski definition) is 4. The first-order valence-corrected chi connectivity index (χ1v) is 9.42. The van der Waals surface area contributed by atoms with Crippen molar-refractivity contribution in [2.45, 2.75) is 46.0 Å². The van der Waals surface area contributed by atoms with Gasteiger partial charge in [0.15, 0.2) is 0 Å². The number of hydrogen-bond donors (Lipinski definition) is 0. The van der Waals surface area contributed by atoms with Crippen molar-refractivity contribution in [1.29, 1.82) is 0 Å². The molecule has 1 saturated heterocycles. The van der Waals surface area contributed by atoms with E-state index in [0.29, 0.717) is 12.4 Å². The minimum atomic E-state index is -0.547. The Hall–Kier alpha value is -1.49. The van der Waals surface area contributed by atoms with Gasteiger partial charge < -0.3 is 9.64 Å². The number of carbonyl (C=O) groups excluding carboxylic acids is 2. The molecule has 0 spiro atoms. The number of rotatable bonds is 4. The second kappa shape index (κ2) is 7.60. The van der Waals surface area contributed by atoms with Gasteiger partial charge in [-0.1, -0.05) is 65.0 Å². The lowest BCUT2D eigenvalue weighted by Crippen LogP contribution is -2.48. The van der Waals surface area contributed by atoms with Crippen LogP contribution in [-0.2, 0) is 14.3 Å². The first-order valence-electron chi connectivity index (χ1n) is 8.37. The van der Waals surface area contributed by atoms with Crippen molar-refractivity contribution in [2.24, 2.45) is 11.3 Å². The number of ether oxygens (including phenoxy) is 1. The summed E-state index contributed by atoms with van der Waals surface area (Å²) in [5.74, 6) is 0.526. The molecule has 1 aromatic carbocycles. The summed E-state index contributed by atoms with van der Waals surface area (Å²) in [4.78, 5) is 27.3. The molecule has 5 heteroatoms. The van der Waals surface area contributed by atoms with Gasteiger partial charge in [-0.25, -0.2) is 4.79 Å². The Bertz CT molecular complexity index is 580. The van der Waals surface area contributed by atoms with E-state index in [2.05, 4.69) is 0 Å². The van der Waals surface area contributed by atoms with Crippen LogP contribution in [0.3, 0.4) is 0 Å². The van der Waals surface area contributed by atoms with Gasteiger partial charge in [-0.3, -0.25) is 4.79 Å². The Morgan fingerprint density at radius 3 is 2.42 bits per heavy atom. The first kappa shape index (κ1) is 18.8. The molecule has 1 heterocycles. The van der Waals surface area contributed by atoms with E-state index in [4.69, 9.17) is 4.74 Å². The number of carbonyl (C=O) groups is 2. The van der Waals surface area contributed by atoms with Crippen LogP contribution in [0.4, 0.5) is 0 Å². The van der Waals surface area contributed by atoms with E-state index in [-0.39, 0.29) is 23.2 Å². The third-order valence-electron chi connectivity index (χ3n) is 3.79. The minimum Gasteiger partial charge on any atom is -0.464 e. The molecule has 0 N–H and O–H groups in total. The van der Waals surface area contributed by atoms with Crippen molar-refractivity contribution < 1.29 is 14.3 Å². The van der Waals surface area contributed by atoms with E-state index in [1.54, 1.807) is 16.7 Å². The predicted molar refractivity (Wildman–Crippen MR) is 97.5 cm³/mol. The second-order valence-electron chi connectivity index (χ2n) is 7.60. The second-order valence-corrected chi connectivity index (χ2v) is 8.71. The number of amides is 1. The van der Waals surface area contributed by atoms with Crippen LogP contribution in [0.2, 0.25) is 0 Å². The zero-order valence-corrected chi connectivity index (χ0v) is 15.9. The minimum absolute atomic E-state index is 0.0205. The van der Waals surface area contributed by atoms with Crippen molar-refractivity contribution in [3.05, 3.63) is 35.9 Å². The molecule has 4 nitrogen and oxygen atoms in total. The molecule has 1 aromatic rings. The highest BCUT2D eigenvalue weighted by Gasteiger charge is 2.45. The van der Waals surface area contributed by atoms with Crippen LogP contribution in [0.1, 0.15) is 45.6 Å². The zero-order chi connectivity index (χ0) is 17.9. The maximum atomic E-state index is 13.0. The quantitative estimate of drug-likeness (QED) is 0.774. The fourth-order valence-electron chi connectivity index (χ4n) is 2.54. The molecule has 24 heavy (non-hydrogen) atoms. The van der Waals surface area contributed by atoms with E-state index < -0.39 is 11.5 Å². The summed E-state index contributed by atoms with van der Waals surface area (Å²) in [7, 11) is 0. The molecule has 0 saturated carbocycles. The maximum Gasteiger partial charge on any atom is 0.329 e. The number of esters is 1. The molecule has 0 radical (unpaired) electrons. The Morgan fingerprint density at radius 1 is 1.25 bits per heavy atom. The predicted octanol–water partition coefficient (Wildman–Crippen LogP) is 3.87. The third kappa shape index (κ3) is 4.32. The summed E-state index contributed by atoms with van der Waals surface area (Å²) in [6.45, 7) is 10.0. The monoisotopic (exact) mass is 349 g/mol. The fraction of sp³-hybridized carbons (Fsp3) is 0.579. The summed E-state index contributed by atoms with van der Waals surface area (Å²) in [6, 6.07) is 9.35. The lowest BCUT2D eigenvalue weighted by Gasteiger charge is -2.33. The topological polar surface area (TPSA) is 46.6 Å². The van der Waals surface area contributed by atoms with Crippen LogP contribution in [0, 0.1) is 11.3 Å². The largest absolute Gasteiger partial charge is 0.464 e. The van der Waals surface area contributed by atoms with E-state index in [9.17, 15) is 9.59 Å². The van der Waals surface area contributed by atoms with Gasteiger partial charge in [0.05, 0.1) is 6.61 Å². The van der Waals surface area contributed by atoms with E-state index in [0.717, 1.165) is 5.56 Å². The molecule has 2 atom stereocenters. The highest BCUT2D eigenvalue weighted by Crippen LogP contribution is 2.43. The highest BCUT2D eigenvalue weighted by molar-refractivity contribution is 7.99. The van der Waals surface area contributed by atoms with Crippen LogP contribution in [0.15, 0.2) is 30.3 Å². The standard InChI is InChI=1S/C19H27NO3S/c1-13(2)11-23-17(21)15-12-24-16(14-9-7-6-8-10-14)20(15)18(22)19(3,4)5/h6-10,13,15-16H,11-12H2,1-5H3. The van der Waals surface area contributed by atoms with E-state index >= 15 is 0 Å². The number of nitrogens with zero attached hydrogens (tertiary/aromatic N) is 1.